The average Bonchev–Trinajstić information content (AvgIpc) is 3.64. The second-order valence-electron chi connectivity index (χ2n) is 12.2. The zero-order valence-corrected chi connectivity index (χ0v) is 25.7. The summed E-state index contributed by atoms with van der Waals surface area (Å²) in [5.41, 5.74) is 4.10. The normalized spacial score (nSPS) is 12.8. The number of nitrogens with zero attached hydrogens (tertiary/aromatic N) is 3. The van der Waals surface area contributed by atoms with Crippen molar-refractivity contribution in [2.45, 2.75) is 39.3 Å². The van der Waals surface area contributed by atoms with Crippen LogP contribution in [0.2, 0.25) is 0 Å². The molecule has 3 aromatic carbocycles. The van der Waals surface area contributed by atoms with Crippen LogP contribution in [0.3, 0.4) is 0 Å². The second-order valence-corrected chi connectivity index (χ2v) is 12.2. The number of hydrogen-bond donors (Lipinski definition) is 3. The van der Waals surface area contributed by atoms with Gasteiger partial charge in [-0.3, -0.25) is 14.4 Å². The Bertz CT molecular complexity index is 1760. The van der Waals surface area contributed by atoms with Crippen molar-refractivity contribution >= 4 is 34.4 Å². The molecule has 2 atom stereocenters. The minimum Gasteiger partial charge on any atom is -0.361 e. The third kappa shape index (κ3) is 6.72. The molecule has 2 heterocycles. The molecule has 0 aliphatic carbocycles. The number of amides is 3. The second kappa shape index (κ2) is 12.6. The van der Waals surface area contributed by atoms with Crippen LogP contribution in [0, 0.1) is 5.41 Å². The number of benzene rings is 3. The number of likely N-dealkylation sites (N-methyl/N-ethyl adjacent to an activating group) is 1. The van der Waals surface area contributed by atoms with Gasteiger partial charge in [-0.15, -0.1) is 0 Å². The highest BCUT2D eigenvalue weighted by Crippen LogP contribution is 2.26. The van der Waals surface area contributed by atoms with Crippen LogP contribution in [0.5, 0.6) is 0 Å². The van der Waals surface area contributed by atoms with E-state index in [1.807, 2.05) is 85.1 Å². The van der Waals surface area contributed by atoms with Gasteiger partial charge in [0.25, 0.3) is 0 Å². The number of carbonyl (C=O) groups is 3. The lowest BCUT2D eigenvalue weighted by Gasteiger charge is -2.24. The molecule has 5 aromatic rings. The monoisotopic (exact) mass is 590 g/mol. The van der Waals surface area contributed by atoms with Crippen molar-refractivity contribution in [1.29, 1.82) is 0 Å². The number of rotatable bonds is 9. The maximum Gasteiger partial charge on any atom is 0.249 e. The Hall–Kier alpha value is -5.18. The molecule has 0 bridgehead atoms. The lowest BCUT2D eigenvalue weighted by molar-refractivity contribution is -0.132. The van der Waals surface area contributed by atoms with Gasteiger partial charge < -0.3 is 25.1 Å². The van der Waals surface area contributed by atoms with E-state index in [0.717, 1.165) is 33.2 Å². The number of para-hydroxylation sites is 1. The molecule has 5 rings (SSSR count). The highest BCUT2D eigenvalue weighted by Gasteiger charge is 2.30. The van der Waals surface area contributed by atoms with E-state index in [1.165, 1.54) is 11.2 Å². The molecule has 3 amide bonds. The quantitative estimate of drug-likeness (QED) is 0.213. The molecule has 0 aliphatic rings. The van der Waals surface area contributed by atoms with Crippen molar-refractivity contribution in [2.24, 2.45) is 5.41 Å². The fraction of sp³-hybridized carbons (Fsp3) is 0.257. The molecule has 44 heavy (non-hydrogen) atoms. The van der Waals surface area contributed by atoms with Gasteiger partial charge in [-0.2, -0.15) is 0 Å². The van der Waals surface area contributed by atoms with Crippen molar-refractivity contribution < 1.29 is 14.4 Å². The summed E-state index contributed by atoms with van der Waals surface area (Å²) >= 11 is 0. The highest BCUT2D eigenvalue weighted by molar-refractivity contribution is 5.98. The summed E-state index contributed by atoms with van der Waals surface area (Å²) in [6, 6.07) is 24.2. The van der Waals surface area contributed by atoms with Crippen LogP contribution in [-0.4, -0.2) is 57.3 Å². The molecule has 0 spiro atoms. The number of anilines is 1. The zero-order chi connectivity index (χ0) is 31.4. The summed E-state index contributed by atoms with van der Waals surface area (Å²) < 4.78 is 1.69. The first-order valence-corrected chi connectivity index (χ1v) is 14.6. The van der Waals surface area contributed by atoms with Gasteiger partial charge in [0.2, 0.25) is 17.7 Å². The lowest BCUT2D eigenvalue weighted by Crippen LogP contribution is -2.49. The van der Waals surface area contributed by atoms with Gasteiger partial charge in [-0.1, -0.05) is 93.6 Å². The lowest BCUT2D eigenvalue weighted by atomic mass is 9.94. The smallest absolute Gasteiger partial charge is 0.249 e. The zero-order valence-electron chi connectivity index (χ0n) is 25.7. The van der Waals surface area contributed by atoms with Crippen LogP contribution in [-0.2, 0) is 20.8 Å². The van der Waals surface area contributed by atoms with Crippen LogP contribution in [0.25, 0.3) is 22.0 Å². The predicted octanol–water partition coefficient (Wildman–Crippen LogP) is 5.42. The average molecular weight is 591 g/mol. The van der Waals surface area contributed by atoms with Crippen LogP contribution in [0.15, 0.2) is 97.6 Å². The Kier molecular flexibility index (Phi) is 8.66. The molecular weight excluding hydrogens is 552 g/mol. The van der Waals surface area contributed by atoms with E-state index in [9.17, 15) is 14.4 Å². The van der Waals surface area contributed by atoms with E-state index >= 15 is 0 Å². The van der Waals surface area contributed by atoms with E-state index in [1.54, 1.807) is 45.6 Å². The van der Waals surface area contributed by atoms with E-state index in [-0.39, 0.29) is 24.1 Å². The first-order valence-electron chi connectivity index (χ1n) is 14.6. The highest BCUT2D eigenvalue weighted by atomic mass is 16.2. The Morgan fingerprint density at radius 2 is 1.57 bits per heavy atom. The number of hydrogen-bond acceptors (Lipinski definition) is 4. The molecule has 1 unspecified atom stereocenters. The first kappa shape index (κ1) is 30.3. The summed E-state index contributed by atoms with van der Waals surface area (Å²) in [7, 11) is 3.42. The Balaban J connectivity index is 1.39. The SMILES string of the molecule is CN(C)C(=O)C(c1ccc(-c2ccccc2)cc1)n1cnc(NC(=O)[C@@H](Cc2c[nH]c3ccccc23)NC(=O)C(C)(C)C)c1. The fourth-order valence-electron chi connectivity index (χ4n) is 5.04. The van der Waals surface area contributed by atoms with Crippen molar-refractivity contribution in [3.63, 3.8) is 0 Å². The number of fused-ring (bicyclic) bond motifs is 1. The molecule has 9 nitrogen and oxygen atoms in total. The summed E-state index contributed by atoms with van der Waals surface area (Å²) in [5.74, 6) is -0.497. The van der Waals surface area contributed by atoms with E-state index < -0.39 is 23.4 Å². The van der Waals surface area contributed by atoms with E-state index in [4.69, 9.17) is 0 Å². The third-order valence-electron chi connectivity index (χ3n) is 7.56. The molecule has 2 aromatic heterocycles. The maximum atomic E-state index is 13.6. The van der Waals surface area contributed by atoms with Gasteiger partial charge in [-0.05, 0) is 28.3 Å². The molecule has 226 valence electrons. The van der Waals surface area contributed by atoms with Gasteiger partial charge in [0.05, 0.1) is 6.33 Å². The van der Waals surface area contributed by atoms with E-state index in [0.29, 0.717) is 0 Å². The molecule has 0 fully saturated rings. The molecule has 3 N–H and O–H groups in total. The number of carbonyl (C=O) groups excluding carboxylic acids is 3. The maximum absolute atomic E-state index is 13.6. The van der Waals surface area contributed by atoms with Crippen molar-refractivity contribution in [3.05, 3.63) is 109 Å². The van der Waals surface area contributed by atoms with Crippen molar-refractivity contribution in [3.8, 4) is 11.1 Å². The molecule has 0 radical (unpaired) electrons. The topological polar surface area (TPSA) is 112 Å². The van der Waals surface area contributed by atoms with Gasteiger partial charge in [0.1, 0.15) is 12.1 Å². The third-order valence-corrected chi connectivity index (χ3v) is 7.56. The van der Waals surface area contributed by atoms with Gasteiger partial charge in [0, 0.05) is 49.2 Å². The molecule has 0 saturated heterocycles. The van der Waals surface area contributed by atoms with Crippen molar-refractivity contribution in [2.75, 3.05) is 19.4 Å². The summed E-state index contributed by atoms with van der Waals surface area (Å²) in [4.78, 5) is 49.2. The minimum absolute atomic E-state index is 0.137. The van der Waals surface area contributed by atoms with Crippen LogP contribution in [0.4, 0.5) is 5.82 Å². The number of aromatic nitrogens is 3. The molecule has 9 heteroatoms. The number of H-pyrrole nitrogens is 1. The predicted molar refractivity (Wildman–Crippen MR) is 173 cm³/mol. The Labute approximate surface area is 257 Å². The van der Waals surface area contributed by atoms with E-state index in [2.05, 4.69) is 20.6 Å². The van der Waals surface area contributed by atoms with Crippen molar-refractivity contribution in [1.82, 2.24) is 24.8 Å². The summed E-state index contributed by atoms with van der Waals surface area (Å²) in [6.45, 7) is 5.41. The summed E-state index contributed by atoms with van der Waals surface area (Å²) in [5, 5.41) is 6.78. The first-order chi connectivity index (χ1) is 21.0. The van der Waals surface area contributed by atoms with Gasteiger partial charge in [0.15, 0.2) is 5.82 Å². The standard InChI is InChI=1S/C35H38N6O3/c1-35(2,3)34(44)38-29(19-26-20-36-28-14-10-9-13-27(26)28)32(42)39-30-21-41(22-37-30)31(33(43)40(4)5)25-17-15-24(16-18-25)23-11-7-6-8-12-23/h6-18,20-22,29,31,36H,19H2,1-5H3,(H,38,44)(H,39,42)/t29-,31?/m1/s1. The van der Waals surface area contributed by atoms with Gasteiger partial charge >= 0.3 is 0 Å². The number of imidazole rings is 1. The Morgan fingerprint density at radius 3 is 2.25 bits per heavy atom. The van der Waals surface area contributed by atoms with Crippen LogP contribution < -0.4 is 10.6 Å². The van der Waals surface area contributed by atoms with Crippen LogP contribution >= 0.6 is 0 Å². The molecular formula is C35H38N6O3. The molecule has 0 saturated carbocycles. The summed E-state index contributed by atoms with van der Waals surface area (Å²) in [6.07, 6.45) is 5.33. The van der Waals surface area contributed by atoms with Crippen LogP contribution in [0.1, 0.15) is 37.9 Å². The number of nitrogens with one attached hydrogen (secondary N) is 3. The van der Waals surface area contributed by atoms with Gasteiger partial charge in [-0.25, -0.2) is 4.98 Å². The molecule has 0 aliphatic heterocycles. The minimum atomic E-state index is -0.851. The Morgan fingerprint density at radius 1 is 0.909 bits per heavy atom. The largest absolute Gasteiger partial charge is 0.361 e. The number of aromatic amines is 1. The fourth-order valence-corrected chi connectivity index (χ4v) is 5.04.